The monoisotopic (exact) mass is 237 g/mol. The molecule has 2 nitrogen and oxygen atoms in total. The average molecular weight is 237 g/mol. The molecule has 0 aliphatic carbocycles. The Kier molecular flexibility index (Phi) is 5.13. The van der Waals surface area contributed by atoms with E-state index in [9.17, 15) is 9.18 Å². The summed E-state index contributed by atoms with van der Waals surface area (Å²) in [6.07, 6.45) is 3.17. The van der Waals surface area contributed by atoms with E-state index in [0.29, 0.717) is 6.54 Å². The lowest BCUT2D eigenvalue weighted by Gasteiger charge is -2.17. The van der Waals surface area contributed by atoms with Crippen LogP contribution in [-0.2, 0) is 0 Å². The largest absolute Gasteiger partial charge is 0.342 e. The third kappa shape index (κ3) is 3.84. The van der Waals surface area contributed by atoms with Gasteiger partial charge in [-0.3, -0.25) is 4.79 Å². The summed E-state index contributed by atoms with van der Waals surface area (Å²) in [6.45, 7) is 4.65. The molecule has 0 bridgehead atoms. The van der Waals surface area contributed by atoms with Gasteiger partial charge in [-0.05, 0) is 25.5 Å². The molecule has 1 amide bonds. The highest BCUT2D eigenvalue weighted by Crippen LogP contribution is 2.12. The molecule has 0 fully saturated rings. The molecule has 0 unspecified atom stereocenters. The Bertz CT molecular complexity index is 390. The van der Waals surface area contributed by atoms with E-state index in [-0.39, 0.29) is 11.5 Å². The fourth-order valence-electron chi connectivity index (χ4n) is 1.71. The van der Waals surface area contributed by atoms with Gasteiger partial charge in [0, 0.05) is 13.6 Å². The number of benzene rings is 1. The van der Waals surface area contributed by atoms with Crippen molar-refractivity contribution in [2.45, 2.75) is 33.1 Å². The Morgan fingerprint density at radius 2 is 2.06 bits per heavy atom. The van der Waals surface area contributed by atoms with Gasteiger partial charge in [-0.15, -0.1) is 0 Å². The minimum absolute atomic E-state index is 0.170. The predicted molar refractivity (Wildman–Crippen MR) is 67.6 cm³/mol. The third-order valence-electron chi connectivity index (χ3n) is 2.80. The van der Waals surface area contributed by atoms with Crippen LogP contribution in [0.25, 0.3) is 0 Å². The summed E-state index contributed by atoms with van der Waals surface area (Å²) < 4.78 is 13.5. The lowest BCUT2D eigenvalue weighted by molar-refractivity contribution is 0.0788. The van der Waals surface area contributed by atoms with Crippen LogP contribution < -0.4 is 0 Å². The summed E-state index contributed by atoms with van der Waals surface area (Å²) in [5.74, 6) is -0.676. The molecule has 1 aromatic carbocycles. The molecule has 0 aliphatic rings. The summed E-state index contributed by atoms with van der Waals surface area (Å²) in [5, 5.41) is 0. The van der Waals surface area contributed by atoms with Crippen LogP contribution in [0.5, 0.6) is 0 Å². The number of hydrogen-bond donors (Lipinski definition) is 0. The number of unbranched alkanes of at least 4 members (excludes halogenated alkanes) is 2. The molecule has 0 heterocycles. The van der Waals surface area contributed by atoms with Gasteiger partial charge >= 0.3 is 0 Å². The van der Waals surface area contributed by atoms with Crippen LogP contribution in [-0.4, -0.2) is 24.4 Å². The van der Waals surface area contributed by atoms with E-state index >= 15 is 0 Å². The summed E-state index contributed by atoms with van der Waals surface area (Å²) in [5.41, 5.74) is 1.07. The quantitative estimate of drug-likeness (QED) is 0.719. The zero-order chi connectivity index (χ0) is 12.8. The van der Waals surface area contributed by atoms with Gasteiger partial charge in [0.1, 0.15) is 5.82 Å². The fourth-order valence-corrected chi connectivity index (χ4v) is 1.71. The van der Waals surface area contributed by atoms with E-state index in [1.54, 1.807) is 24.1 Å². The van der Waals surface area contributed by atoms with Crippen molar-refractivity contribution in [1.82, 2.24) is 4.90 Å². The number of halogens is 1. The van der Waals surface area contributed by atoms with Gasteiger partial charge in [0.25, 0.3) is 5.91 Å². The van der Waals surface area contributed by atoms with Gasteiger partial charge in [-0.25, -0.2) is 4.39 Å². The highest BCUT2D eigenvalue weighted by atomic mass is 19.1. The van der Waals surface area contributed by atoms with E-state index in [0.717, 1.165) is 24.8 Å². The van der Waals surface area contributed by atoms with E-state index in [2.05, 4.69) is 6.92 Å². The first-order chi connectivity index (χ1) is 8.06. The highest BCUT2D eigenvalue weighted by Gasteiger charge is 2.15. The summed E-state index contributed by atoms with van der Waals surface area (Å²) in [4.78, 5) is 13.6. The number of amides is 1. The Morgan fingerprint density at radius 1 is 1.35 bits per heavy atom. The molecule has 0 N–H and O–H groups in total. The Balaban J connectivity index is 2.71. The summed E-state index contributed by atoms with van der Waals surface area (Å²) >= 11 is 0. The molecule has 1 rings (SSSR count). The number of aryl methyl sites for hydroxylation is 1. The molecule has 0 atom stereocenters. The van der Waals surface area contributed by atoms with E-state index in [1.807, 2.05) is 6.92 Å². The first-order valence-electron chi connectivity index (χ1n) is 6.08. The van der Waals surface area contributed by atoms with Crippen molar-refractivity contribution in [2.75, 3.05) is 13.6 Å². The van der Waals surface area contributed by atoms with Gasteiger partial charge < -0.3 is 4.90 Å². The molecule has 3 heteroatoms. The van der Waals surface area contributed by atoms with Crippen LogP contribution in [0, 0.1) is 12.7 Å². The van der Waals surface area contributed by atoms with Crippen molar-refractivity contribution < 1.29 is 9.18 Å². The van der Waals surface area contributed by atoms with Crippen molar-refractivity contribution in [1.29, 1.82) is 0 Å². The molecular formula is C14H20FNO. The normalized spacial score (nSPS) is 10.4. The predicted octanol–water partition coefficient (Wildman–Crippen LogP) is 3.40. The topological polar surface area (TPSA) is 20.3 Å². The van der Waals surface area contributed by atoms with Crippen molar-refractivity contribution in [3.8, 4) is 0 Å². The van der Waals surface area contributed by atoms with E-state index in [4.69, 9.17) is 0 Å². The molecule has 0 radical (unpaired) electrons. The highest BCUT2D eigenvalue weighted by molar-refractivity contribution is 5.94. The second-order valence-electron chi connectivity index (χ2n) is 4.42. The molecule has 94 valence electrons. The fraction of sp³-hybridized carbons (Fsp3) is 0.500. The van der Waals surface area contributed by atoms with Crippen LogP contribution in [0.2, 0.25) is 0 Å². The van der Waals surface area contributed by atoms with Crippen LogP contribution in [0.15, 0.2) is 18.2 Å². The molecule has 0 aromatic heterocycles. The lowest BCUT2D eigenvalue weighted by Crippen LogP contribution is -2.28. The minimum atomic E-state index is -0.442. The zero-order valence-corrected chi connectivity index (χ0v) is 10.8. The Hall–Kier alpha value is -1.38. The third-order valence-corrected chi connectivity index (χ3v) is 2.80. The summed E-state index contributed by atoms with van der Waals surface area (Å²) in [6, 6.07) is 4.62. The average Bonchev–Trinajstić information content (AvgIpc) is 2.31. The second-order valence-corrected chi connectivity index (χ2v) is 4.42. The number of carbonyl (C=O) groups excluding carboxylic acids is 1. The molecule has 0 saturated heterocycles. The van der Waals surface area contributed by atoms with Crippen LogP contribution in [0.4, 0.5) is 4.39 Å². The molecule has 17 heavy (non-hydrogen) atoms. The minimum Gasteiger partial charge on any atom is -0.342 e. The van der Waals surface area contributed by atoms with Gasteiger partial charge in [0.15, 0.2) is 0 Å². The van der Waals surface area contributed by atoms with Crippen molar-refractivity contribution in [3.63, 3.8) is 0 Å². The molecule has 1 aromatic rings. The SMILES string of the molecule is CCCCCN(C)C(=O)c1cc(C)ccc1F. The molecular weight excluding hydrogens is 217 g/mol. The summed E-state index contributed by atoms with van der Waals surface area (Å²) in [7, 11) is 1.72. The standard InChI is InChI=1S/C14H20FNO/c1-4-5-6-9-16(3)14(17)12-10-11(2)7-8-13(12)15/h7-8,10H,4-6,9H2,1-3H3. The lowest BCUT2D eigenvalue weighted by atomic mass is 10.1. The number of carbonyl (C=O) groups is 1. The van der Waals surface area contributed by atoms with Gasteiger partial charge in [0.05, 0.1) is 5.56 Å². The zero-order valence-electron chi connectivity index (χ0n) is 10.8. The maximum atomic E-state index is 13.5. The number of nitrogens with zero attached hydrogens (tertiary/aromatic N) is 1. The number of rotatable bonds is 5. The van der Waals surface area contributed by atoms with Gasteiger partial charge in [0.2, 0.25) is 0 Å². The van der Waals surface area contributed by atoms with Gasteiger partial charge in [-0.1, -0.05) is 31.4 Å². The maximum absolute atomic E-state index is 13.5. The maximum Gasteiger partial charge on any atom is 0.256 e. The van der Waals surface area contributed by atoms with Crippen LogP contribution in [0.3, 0.4) is 0 Å². The molecule has 0 saturated carbocycles. The van der Waals surface area contributed by atoms with Crippen molar-refractivity contribution in [3.05, 3.63) is 35.1 Å². The first-order valence-corrected chi connectivity index (χ1v) is 6.08. The smallest absolute Gasteiger partial charge is 0.256 e. The van der Waals surface area contributed by atoms with E-state index < -0.39 is 5.82 Å². The molecule has 0 aliphatic heterocycles. The van der Waals surface area contributed by atoms with Crippen molar-refractivity contribution >= 4 is 5.91 Å². The van der Waals surface area contributed by atoms with Crippen LogP contribution in [0.1, 0.15) is 42.1 Å². The van der Waals surface area contributed by atoms with Gasteiger partial charge in [-0.2, -0.15) is 0 Å². The number of hydrogen-bond acceptors (Lipinski definition) is 1. The van der Waals surface area contributed by atoms with Crippen LogP contribution >= 0.6 is 0 Å². The first kappa shape index (κ1) is 13.7. The molecule has 0 spiro atoms. The van der Waals surface area contributed by atoms with E-state index in [1.165, 1.54) is 6.07 Å². The Labute approximate surface area is 102 Å². The Morgan fingerprint density at radius 3 is 2.71 bits per heavy atom. The second kappa shape index (κ2) is 6.38. The van der Waals surface area contributed by atoms with Crippen molar-refractivity contribution in [2.24, 2.45) is 0 Å².